The molecule has 0 unspecified atom stereocenters. The quantitative estimate of drug-likeness (QED) is 0.385. The Morgan fingerprint density at radius 2 is 1.97 bits per heavy atom. The van der Waals surface area contributed by atoms with Crippen molar-refractivity contribution in [3.05, 3.63) is 59.9 Å². The summed E-state index contributed by atoms with van der Waals surface area (Å²) in [6.45, 7) is 7.41. The molecule has 3 aromatic rings. The number of hydrogen-bond donors (Lipinski definition) is 1. The molecule has 1 aromatic heterocycles. The monoisotopic (exact) mass is 483 g/mol. The van der Waals surface area contributed by atoms with Crippen LogP contribution in [0.15, 0.2) is 58.6 Å². The molecule has 0 spiro atoms. The summed E-state index contributed by atoms with van der Waals surface area (Å²) in [5.74, 6) is 8.17. The van der Waals surface area contributed by atoms with Crippen molar-refractivity contribution >= 4 is 35.1 Å². The maximum atomic E-state index is 13.1. The Bertz CT molecular complexity index is 1100. The van der Waals surface area contributed by atoms with Gasteiger partial charge in [0, 0.05) is 16.7 Å². The van der Waals surface area contributed by atoms with Gasteiger partial charge in [-0.3, -0.25) is 4.79 Å². The number of aromatic nitrogens is 3. The molecule has 0 saturated heterocycles. The van der Waals surface area contributed by atoms with Crippen molar-refractivity contribution in [1.82, 2.24) is 14.9 Å². The van der Waals surface area contributed by atoms with Gasteiger partial charge in [-0.15, -0.1) is 22.0 Å². The molecule has 33 heavy (non-hydrogen) atoms. The highest BCUT2D eigenvalue weighted by atomic mass is 32.2. The van der Waals surface area contributed by atoms with Crippen LogP contribution in [-0.4, -0.2) is 38.3 Å². The van der Waals surface area contributed by atoms with Gasteiger partial charge in [0.15, 0.2) is 5.82 Å². The van der Waals surface area contributed by atoms with Crippen LogP contribution < -0.4 is 15.5 Å². The molecule has 2 aromatic carbocycles. The van der Waals surface area contributed by atoms with E-state index in [9.17, 15) is 4.79 Å². The van der Waals surface area contributed by atoms with Gasteiger partial charge in [0.2, 0.25) is 11.1 Å². The van der Waals surface area contributed by atoms with Crippen molar-refractivity contribution in [2.75, 3.05) is 23.0 Å². The van der Waals surface area contributed by atoms with E-state index in [4.69, 9.17) is 10.6 Å². The summed E-state index contributed by atoms with van der Waals surface area (Å²) in [7, 11) is 0. The lowest BCUT2D eigenvalue weighted by Crippen LogP contribution is -2.33. The molecule has 1 atom stereocenters. The first kappa shape index (κ1) is 23.5. The standard InChI is InChI=1S/C24H29N5O2S2/c1-16(2)18-8-10-19(11-9-18)31-14-22-26-27-24(29(22)25)32-15-23(30)28-13-12-17(3)33-21-7-5-4-6-20(21)28/h4-11,16-17H,12-15,25H2,1-3H3/t17-/m0/s1. The van der Waals surface area contributed by atoms with E-state index in [0.29, 0.717) is 28.7 Å². The second kappa shape index (κ2) is 10.5. The van der Waals surface area contributed by atoms with Gasteiger partial charge in [0.05, 0.1) is 11.4 Å². The van der Waals surface area contributed by atoms with Gasteiger partial charge in [-0.25, -0.2) is 4.68 Å². The molecule has 9 heteroatoms. The summed E-state index contributed by atoms with van der Waals surface area (Å²) in [5.41, 5.74) is 2.23. The predicted molar refractivity (Wildman–Crippen MR) is 134 cm³/mol. The molecule has 0 saturated carbocycles. The lowest BCUT2D eigenvalue weighted by molar-refractivity contribution is -0.116. The summed E-state index contributed by atoms with van der Waals surface area (Å²) in [6, 6.07) is 16.1. The molecular weight excluding hydrogens is 454 g/mol. The van der Waals surface area contributed by atoms with Gasteiger partial charge >= 0.3 is 0 Å². The van der Waals surface area contributed by atoms with Gasteiger partial charge in [-0.1, -0.05) is 56.8 Å². The first-order valence-electron chi connectivity index (χ1n) is 11.0. The third kappa shape index (κ3) is 5.65. The summed E-state index contributed by atoms with van der Waals surface area (Å²) >= 11 is 3.11. The van der Waals surface area contributed by atoms with Crippen LogP contribution in [0, 0.1) is 0 Å². The molecule has 4 rings (SSSR count). The number of hydrogen-bond acceptors (Lipinski definition) is 7. The Morgan fingerprint density at radius 1 is 1.21 bits per heavy atom. The van der Waals surface area contributed by atoms with Crippen molar-refractivity contribution in [1.29, 1.82) is 0 Å². The number of para-hydroxylation sites is 1. The van der Waals surface area contributed by atoms with Crippen molar-refractivity contribution in [3.8, 4) is 5.75 Å². The minimum Gasteiger partial charge on any atom is -0.486 e. The highest BCUT2D eigenvalue weighted by Gasteiger charge is 2.24. The average molecular weight is 484 g/mol. The van der Waals surface area contributed by atoms with Crippen molar-refractivity contribution in [2.45, 2.75) is 55.0 Å². The zero-order valence-electron chi connectivity index (χ0n) is 19.1. The molecule has 174 valence electrons. The molecule has 0 aliphatic carbocycles. The van der Waals surface area contributed by atoms with Gasteiger partial charge in [-0.2, -0.15) is 0 Å². The highest BCUT2D eigenvalue weighted by molar-refractivity contribution is 8.00. The van der Waals surface area contributed by atoms with Gasteiger partial charge in [0.1, 0.15) is 12.4 Å². The molecular formula is C24H29N5O2S2. The predicted octanol–water partition coefficient (Wildman–Crippen LogP) is 4.70. The van der Waals surface area contributed by atoms with Crippen LogP contribution in [0.4, 0.5) is 5.69 Å². The lowest BCUT2D eigenvalue weighted by atomic mass is 10.0. The van der Waals surface area contributed by atoms with E-state index in [1.807, 2.05) is 47.0 Å². The normalized spacial score (nSPS) is 15.9. The second-order valence-electron chi connectivity index (χ2n) is 8.30. The Hall–Kier alpha value is -2.65. The number of nitrogen functional groups attached to an aromatic ring is 1. The molecule has 0 radical (unpaired) electrons. The van der Waals surface area contributed by atoms with Crippen LogP contribution in [0.1, 0.15) is 44.5 Å². The largest absolute Gasteiger partial charge is 0.486 e. The maximum Gasteiger partial charge on any atom is 0.237 e. The van der Waals surface area contributed by atoms with Crippen LogP contribution in [0.25, 0.3) is 0 Å². The van der Waals surface area contributed by atoms with Gasteiger partial charge in [-0.05, 0) is 42.2 Å². The van der Waals surface area contributed by atoms with E-state index in [-0.39, 0.29) is 18.3 Å². The van der Waals surface area contributed by atoms with E-state index in [1.54, 1.807) is 0 Å². The average Bonchev–Trinajstić information content (AvgIpc) is 3.06. The lowest BCUT2D eigenvalue weighted by Gasteiger charge is -2.22. The summed E-state index contributed by atoms with van der Waals surface area (Å²) < 4.78 is 7.21. The van der Waals surface area contributed by atoms with E-state index in [0.717, 1.165) is 22.8 Å². The molecule has 2 heterocycles. The fourth-order valence-corrected chi connectivity index (χ4v) is 5.42. The van der Waals surface area contributed by atoms with Crippen molar-refractivity contribution in [2.24, 2.45) is 0 Å². The van der Waals surface area contributed by atoms with Crippen LogP contribution in [-0.2, 0) is 11.4 Å². The maximum absolute atomic E-state index is 13.1. The van der Waals surface area contributed by atoms with Crippen LogP contribution in [0.3, 0.4) is 0 Å². The molecule has 1 aliphatic rings. The van der Waals surface area contributed by atoms with E-state index in [1.165, 1.54) is 22.0 Å². The number of nitrogens with two attached hydrogens (primary N) is 1. The number of carbonyl (C=O) groups excluding carboxylic acids is 1. The number of nitrogens with zero attached hydrogens (tertiary/aromatic N) is 4. The fraction of sp³-hybridized carbons (Fsp3) is 0.375. The molecule has 1 aliphatic heterocycles. The minimum absolute atomic E-state index is 0.0354. The Morgan fingerprint density at radius 3 is 2.73 bits per heavy atom. The summed E-state index contributed by atoms with van der Waals surface area (Å²) in [6.07, 6.45) is 0.947. The van der Waals surface area contributed by atoms with Gasteiger partial charge in [0.25, 0.3) is 0 Å². The zero-order valence-corrected chi connectivity index (χ0v) is 20.7. The zero-order chi connectivity index (χ0) is 23.4. The van der Waals surface area contributed by atoms with Crippen LogP contribution in [0.2, 0.25) is 0 Å². The SMILES string of the molecule is CC(C)c1ccc(OCc2nnc(SCC(=O)N3CC[C@H](C)Sc4ccccc43)n2N)cc1. The molecule has 2 N–H and O–H groups in total. The number of carbonyl (C=O) groups is 1. The summed E-state index contributed by atoms with van der Waals surface area (Å²) in [4.78, 5) is 16.1. The molecule has 0 fully saturated rings. The van der Waals surface area contributed by atoms with E-state index < -0.39 is 0 Å². The number of anilines is 1. The first-order chi connectivity index (χ1) is 15.9. The smallest absolute Gasteiger partial charge is 0.237 e. The van der Waals surface area contributed by atoms with Crippen molar-refractivity contribution in [3.63, 3.8) is 0 Å². The minimum atomic E-state index is 0.0354. The van der Waals surface area contributed by atoms with Crippen LogP contribution >= 0.6 is 23.5 Å². The third-order valence-corrected chi connectivity index (χ3v) is 7.68. The number of ether oxygens (including phenoxy) is 1. The number of benzene rings is 2. The molecule has 7 nitrogen and oxygen atoms in total. The Balaban J connectivity index is 1.36. The number of thioether (sulfide) groups is 2. The number of amides is 1. The fourth-order valence-electron chi connectivity index (χ4n) is 3.55. The van der Waals surface area contributed by atoms with Gasteiger partial charge < -0.3 is 15.5 Å². The topological polar surface area (TPSA) is 86.3 Å². The Kier molecular flexibility index (Phi) is 7.49. The summed E-state index contributed by atoms with van der Waals surface area (Å²) in [5, 5.41) is 9.25. The third-order valence-electron chi connectivity index (χ3n) is 5.52. The van der Waals surface area contributed by atoms with E-state index in [2.05, 4.69) is 49.2 Å². The van der Waals surface area contributed by atoms with Crippen molar-refractivity contribution < 1.29 is 9.53 Å². The first-order valence-corrected chi connectivity index (χ1v) is 12.9. The molecule has 1 amide bonds. The Labute approximate surface area is 203 Å². The number of fused-ring (bicyclic) bond motifs is 1. The molecule has 0 bridgehead atoms. The highest BCUT2D eigenvalue weighted by Crippen LogP contribution is 2.37. The van der Waals surface area contributed by atoms with Crippen LogP contribution in [0.5, 0.6) is 5.75 Å². The number of rotatable bonds is 7. The second-order valence-corrected chi connectivity index (χ2v) is 10.7. The van der Waals surface area contributed by atoms with E-state index >= 15 is 0 Å².